The standard InChI is InChI=1S/C14H11N5O3/c20-14(18-13-6-5-9(7-16-13)19(21)22)12-8-15-10-3-1-2-4-11(10)17-12/h1-7,15H,8H2,(H,16,18,20). The van der Waals surface area contributed by atoms with Crippen molar-refractivity contribution in [3.63, 3.8) is 0 Å². The Balaban J connectivity index is 1.75. The number of hydrogen-bond donors (Lipinski definition) is 2. The molecule has 0 radical (unpaired) electrons. The molecule has 2 aromatic rings. The number of carbonyl (C=O) groups excluding carboxylic acids is 1. The van der Waals surface area contributed by atoms with E-state index in [1.165, 1.54) is 12.1 Å². The van der Waals surface area contributed by atoms with Crippen molar-refractivity contribution in [1.29, 1.82) is 0 Å². The van der Waals surface area contributed by atoms with Gasteiger partial charge in [0, 0.05) is 6.07 Å². The summed E-state index contributed by atoms with van der Waals surface area (Å²) in [6, 6.07) is 10.1. The lowest BCUT2D eigenvalue weighted by atomic mass is 10.2. The van der Waals surface area contributed by atoms with Crippen LogP contribution in [0.15, 0.2) is 47.6 Å². The number of benzene rings is 1. The van der Waals surface area contributed by atoms with Gasteiger partial charge >= 0.3 is 0 Å². The Morgan fingerprint density at radius 2 is 2.09 bits per heavy atom. The number of anilines is 2. The van der Waals surface area contributed by atoms with E-state index in [0.717, 1.165) is 11.9 Å². The van der Waals surface area contributed by atoms with Crippen molar-refractivity contribution in [3.8, 4) is 0 Å². The molecular weight excluding hydrogens is 286 g/mol. The molecule has 0 spiro atoms. The van der Waals surface area contributed by atoms with Crippen molar-refractivity contribution in [2.24, 2.45) is 4.99 Å². The summed E-state index contributed by atoms with van der Waals surface area (Å²) >= 11 is 0. The minimum absolute atomic E-state index is 0.136. The van der Waals surface area contributed by atoms with Gasteiger partial charge in [-0.25, -0.2) is 9.98 Å². The van der Waals surface area contributed by atoms with Crippen LogP contribution in [0.25, 0.3) is 0 Å². The summed E-state index contributed by atoms with van der Waals surface area (Å²) in [5, 5.41) is 16.2. The lowest BCUT2D eigenvalue weighted by Crippen LogP contribution is -2.31. The third-order valence-electron chi connectivity index (χ3n) is 3.07. The highest BCUT2D eigenvalue weighted by Crippen LogP contribution is 2.27. The zero-order valence-corrected chi connectivity index (χ0v) is 11.3. The summed E-state index contributed by atoms with van der Waals surface area (Å²) in [7, 11) is 0. The van der Waals surface area contributed by atoms with E-state index >= 15 is 0 Å². The topological polar surface area (TPSA) is 110 Å². The highest BCUT2D eigenvalue weighted by atomic mass is 16.6. The Labute approximate surface area is 125 Å². The lowest BCUT2D eigenvalue weighted by Gasteiger charge is -2.16. The summed E-state index contributed by atoms with van der Waals surface area (Å²) in [4.78, 5) is 30.3. The number of nitrogens with one attached hydrogen (secondary N) is 2. The van der Waals surface area contributed by atoms with Gasteiger partial charge in [-0.05, 0) is 18.2 Å². The number of para-hydroxylation sites is 2. The van der Waals surface area contributed by atoms with E-state index in [1.807, 2.05) is 18.2 Å². The number of hydrogen-bond acceptors (Lipinski definition) is 6. The van der Waals surface area contributed by atoms with E-state index < -0.39 is 10.8 Å². The highest BCUT2D eigenvalue weighted by molar-refractivity contribution is 6.45. The number of nitro groups is 1. The van der Waals surface area contributed by atoms with Crippen molar-refractivity contribution in [3.05, 3.63) is 52.7 Å². The first kappa shape index (κ1) is 13.7. The van der Waals surface area contributed by atoms with Crippen LogP contribution in [0.4, 0.5) is 22.9 Å². The summed E-state index contributed by atoms with van der Waals surface area (Å²) in [6.07, 6.45) is 1.09. The number of pyridine rings is 1. The van der Waals surface area contributed by atoms with Crippen LogP contribution in [0, 0.1) is 10.1 Å². The van der Waals surface area contributed by atoms with Crippen LogP contribution in [-0.2, 0) is 4.79 Å². The van der Waals surface area contributed by atoms with Crippen molar-refractivity contribution < 1.29 is 9.72 Å². The van der Waals surface area contributed by atoms with E-state index in [-0.39, 0.29) is 11.5 Å². The number of nitrogens with zero attached hydrogens (tertiary/aromatic N) is 3. The minimum Gasteiger partial charge on any atom is -0.377 e. The third-order valence-corrected chi connectivity index (χ3v) is 3.07. The molecule has 110 valence electrons. The molecule has 22 heavy (non-hydrogen) atoms. The van der Waals surface area contributed by atoms with Crippen molar-refractivity contribution >= 4 is 34.5 Å². The summed E-state index contributed by atoms with van der Waals surface area (Å²) in [5.74, 6) is -0.166. The third kappa shape index (κ3) is 2.75. The van der Waals surface area contributed by atoms with E-state index in [4.69, 9.17) is 0 Å². The summed E-state index contributed by atoms with van der Waals surface area (Å²) in [5.41, 5.74) is 1.74. The van der Waals surface area contributed by atoms with Crippen LogP contribution in [0.3, 0.4) is 0 Å². The second-order valence-electron chi connectivity index (χ2n) is 4.54. The normalized spacial score (nSPS) is 12.6. The van der Waals surface area contributed by atoms with Gasteiger partial charge in [0.05, 0.1) is 22.8 Å². The number of fused-ring (bicyclic) bond motifs is 1. The first-order valence-electron chi connectivity index (χ1n) is 6.46. The van der Waals surface area contributed by atoms with Crippen LogP contribution < -0.4 is 10.6 Å². The van der Waals surface area contributed by atoms with Crippen LogP contribution >= 0.6 is 0 Å². The Kier molecular flexibility index (Phi) is 3.48. The smallest absolute Gasteiger partial charge is 0.287 e. The van der Waals surface area contributed by atoms with Gasteiger partial charge in [0.25, 0.3) is 11.6 Å². The Bertz CT molecular complexity index is 770. The fraction of sp³-hybridized carbons (Fsp3) is 0.0714. The molecule has 2 N–H and O–H groups in total. The van der Waals surface area contributed by atoms with E-state index in [0.29, 0.717) is 17.9 Å². The molecule has 1 aromatic heterocycles. The fourth-order valence-corrected chi connectivity index (χ4v) is 1.97. The molecule has 0 saturated carbocycles. The molecule has 1 amide bonds. The zero-order chi connectivity index (χ0) is 15.5. The molecule has 0 bridgehead atoms. The van der Waals surface area contributed by atoms with Crippen LogP contribution in [0.1, 0.15) is 0 Å². The molecule has 8 nitrogen and oxygen atoms in total. The number of aliphatic imine (C=N–C) groups is 1. The van der Waals surface area contributed by atoms with Gasteiger partial charge in [-0.1, -0.05) is 12.1 Å². The molecule has 0 atom stereocenters. The van der Waals surface area contributed by atoms with Crippen LogP contribution in [0.2, 0.25) is 0 Å². The van der Waals surface area contributed by atoms with Crippen LogP contribution in [-0.4, -0.2) is 28.1 Å². The second kappa shape index (κ2) is 5.60. The first-order chi connectivity index (χ1) is 10.6. The Hall–Kier alpha value is -3.29. The average Bonchev–Trinajstić information content (AvgIpc) is 2.55. The maximum Gasteiger partial charge on any atom is 0.287 e. The molecular formula is C14H11N5O3. The molecule has 1 aliphatic rings. The molecule has 3 rings (SSSR count). The predicted octanol–water partition coefficient (Wildman–Crippen LogP) is 2.13. The number of amides is 1. The number of aromatic nitrogens is 1. The van der Waals surface area contributed by atoms with E-state index in [1.54, 1.807) is 6.07 Å². The van der Waals surface area contributed by atoms with E-state index in [2.05, 4.69) is 20.6 Å². The maximum absolute atomic E-state index is 12.1. The molecule has 2 heterocycles. The van der Waals surface area contributed by atoms with E-state index in [9.17, 15) is 14.9 Å². The SMILES string of the molecule is O=C(Nc1ccc([N+](=O)[O-])cn1)C1=Nc2ccccc2NC1. The van der Waals surface area contributed by atoms with Crippen LogP contribution in [0.5, 0.6) is 0 Å². The molecule has 1 aliphatic heterocycles. The molecule has 0 aliphatic carbocycles. The number of rotatable bonds is 3. The molecule has 0 fully saturated rings. The van der Waals surface area contributed by atoms with Gasteiger partial charge < -0.3 is 10.6 Å². The number of carbonyl (C=O) groups is 1. The Morgan fingerprint density at radius 1 is 1.27 bits per heavy atom. The summed E-state index contributed by atoms with van der Waals surface area (Å²) in [6.45, 7) is 0.301. The minimum atomic E-state index is -0.551. The van der Waals surface area contributed by atoms with Gasteiger partial charge in [-0.15, -0.1) is 0 Å². The summed E-state index contributed by atoms with van der Waals surface area (Å²) < 4.78 is 0. The lowest BCUT2D eigenvalue weighted by molar-refractivity contribution is -0.385. The van der Waals surface area contributed by atoms with Gasteiger partial charge in [0.1, 0.15) is 17.7 Å². The molecule has 0 saturated heterocycles. The maximum atomic E-state index is 12.1. The largest absolute Gasteiger partial charge is 0.377 e. The monoisotopic (exact) mass is 297 g/mol. The van der Waals surface area contributed by atoms with Crippen molar-refractivity contribution in [2.45, 2.75) is 0 Å². The zero-order valence-electron chi connectivity index (χ0n) is 11.3. The van der Waals surface area contributed by atoms with Gasteiger partial charge in [-0.2, -0.15) is 0 Å². The van der Waals surface area contributed by atoms with Crippen molar-refractivity contribution in [2.75, 3.05) is 17.2 Å². The predicted molar refractivity (Wildman–Crippen MR) is 81.5 cm³/mol. The first-order valence-corrected chi connectivity index (χ1v) is 6.46. The molecule has 0 unspecified atom stereocenters. The average molecular weight is 297 g/mol. The molecule has 8 heteroatoms. The van der Waals surface area contributed by atoms with Gasteiger partial charge in [0.15, 0.2) is 0 Å². The Morgan fingerprint density at radius 3 is 2.82 bits per heavy atom. The van der Waals surface area contributed by atoms with Gasteiger partial charge in [-0.3, -0.25) is 14.9 Å². The quantitative estimate of drug-likeness (QED) is 0.666. The fourth-order valence-electron chi connectivity index (χ4n) is 1.97. The van der Waals surface area contributed by atoms with Gasteiger partial charge in [0.2, 0.25) is 0 Å². The molecule has 1 aromatic carbocycles. The van der Waals surface area contributed by atoms with Crippen molar-refractivity contribution in [1.82, 2.24) is 4.98 Å². The second-order valence-corrected chi connectivity index (χ2v) is 4.54. The highest BCUT2D eigenvalue weighted by Gasteiger charge is 2.18.